The average Bonchev–Trinajstić information content (AvgIpc) is 2.26. The van der Waals surface area contributed by atoms with Gasteiger partial charge in [-0.2, -0.15) is 0 Å². The Kier molecular flexibility index (Phi) is 14.1. The zero-order chi connectivity index (χ0) is 11.2. The van der Waals surface area contributed by atoms with E-state index in [2.05, 4.69) is 19.1 Å². The third kappa shape index (κ3) is 14.0. The van der Waals surface area contributed by atoms with Crippen molar-refractivity contribution in [2.75, 3.05) is 5.88 Å². The molecule has 90 valence electrons. The number of hydrogen-bond acceptors (Lipinski definition) is 0. The van der Waals surface area contributed by atoms with Gasteiger partial charge in [0.05, 0.1) is 0 Å². The lowest BCUT2D eigenvalue weighted by Crippen LogP contribution is -1.82. The van der Waals surface area contributed by atoms with Crippen LogP contribution in [-0.2, 0) is 0 Å². The number of hydrogen-bond donors (Lipinski definition) is 0. The van der Waals surface area contributed by atoms with Crippen LogP contribution in [0.1, 0.15) is 71.1 Å². The second-order valence-electron chi connectivity index (χ2n) is 4.23. The van der Waals surface area contributed by atoms with Crippen LogP contribution >= 0.6 is 11.6 Å². The summed E-state index contributed by atoms with van der Waals surface area (Å²) < 4.78 is 0. The summed E-state index contributed by atoms with van der Waals surface area (Å²) in [7, 11) is 0. The predicted octanol–water partition coefficient (Wildman–Crippen LogP) is 5.70. The maximum atomic E-state index is 5.62. The molecular formula is C14H27Cl. The Morgan fingerprint density at radius 1 is 0.733 bits per heavy atom. The summed E-state index contributed by atoms with van der Waals surface area (Å²) in [5, 5.41) is 0. The molecular weight excluding hydrogens is 204 g/mol. The number of alkyl halides is 1. The minimum atomic E-state index is 0.838. The Bertz CT molecular complexity index is 129. The number of allylic oxidation sites excluding steroid dienone is 2. The quantitative estimate of drug-likeness (QED) is 0.243. The van der Waals surface area contributed by atoms with E-state index in [1.165, 1.54) is 64.2 Å². The summed E-state index contributed by atoms with van der Waals surface area (Å²) in [6.45, 7) is 2.10. The van der Waals surface area contributed by atoms with Crippen LogP contribution in [0.5, 0.6) is 0 Å². The standard InChI is InChI=1S/C14H27Cl/c1-2-3-4-5-6-7-8-9-10-11-12-13-14-15/h2-3H,4-14H2,1H3. The van der Waals surface area contributed by atoms with Crippen molar-refractivity contribution >= 4 is 11.6 Å². The lowest BCUT2D eigenvalue weighted by atomic mass is 10.1. The summed E-state index contributed by atoms with van der Waals surface area (Å²) >= 11 is 5.62. The fraction of sp³-hybridized carbons (Fsp3) is 0.857. The van der Waals surface area contributed by atoms with Crippen molar-refractivity contribution in [2.45, 2.75) is 71.1 Å². The maximum absolute atomic E-state index is 5.62. The molecule has 0 atom stereocenters. The summed E-state index contributed by atoms with van der Waals surface area (Å²) in [4.78, 5) is 0. The van der Waals surface area contributed by atoms with Gasteiger partial charge in [0.2, 0.25) is 0 Å². The zero-order valence-corrected chi connectivity index (χ0v) is 11.1. The first-order valence-corrected chi connectivity index (χ1v) is 7.12. The van der Waals surface area contributed by atoms with Gasteiger partial charge < -0.3 is 0 Å². The predicted molar refractivity (Wildman–Crippen MR) is 71.7 cm³/mol. The van der Waals surface area contributed by atoms with Crippen molar-refractivity contribution in [3.63, 3.8) is 0 Å². The van der Waals surface area contributed by atoms with E-state index in [9.17, 15) is 0 Å². The highest BCUT2D eigenvalue weighted by Crippen LogP contribution is 2.10. The Morgan fingerprint density at radius 2 is 1.20 bits per heavy atom. The first kappa shape index (κ1) is 15.0. The molecule has 0 N–H and O–H groups in total. The van der Waals surface area contributed by atoms with Gasteiger partial charge in [-0.1, -0.05) is 57.1 Å². The van der Waals surface area contributed by atoms with Gasteiger partial charge in [0.1, 0.15) is 0 Å². The molecule has 0 aromatic carbocycles. The van der Waals surface area contributed by atoms with Gasteiger partial charge in [0.15, 0.2) is 0 Å². The van der Waals surface area contributed by atoms with Gasteiger partial charge in [0, 0.05) is 5.88 Å². The molecule has 0 aliphatic heterocycles. The van der Waals surface area contributed by atoms with Crippen LogP contribution in [0.25, 0.3) is 0 Å². The normalized spacial score (nSPS) is 11.3. The molecule has 0 saturated heterocycles. The molecule has 15 heavy (non-hydrogen) atoms. The molecule has 0 spiro atoms. The molecule has 0 unspecified atom stereocenters. The molecule has 0 aromatic rings. The van der Waals surface area contributed by atoms with Gasteiger partial charge in [0.25, 0.3) is 0 Å². The monoisotopic (exact) mass is 230 g/mol. The van der Waals surface area contributed by atoms with Crippen LogP contribution in [-0.4, -0.2) is 5.88 Å². The smallest absolute Gasteiger partial charge is 0.0223 e. The van der Waals surface area contributed by atoms with E-state index in [0.29, 0.717) is 0 Å². The van der Waals surface area contributed by atoms with Crippen molar-refractivity contribution < 1.29 is 0 Å². The van der Waals surface area contributed by atoms with E-state index < -0.39 is 0 Å². The molecule has 0 heterocycles. The largest absolute Gasteiger partial charge is 0.127 e. The summed E-state index contributed by atoms with van der Waals surface area (Å²) in [6, 6.07) is 0. The minimum absolute atomic E-state index is 0.838. The van der Waals surface area contributed by atoms with E-state index in [1.807, 2.05) is 0 Å². The minimum Gasteiger partial charge on any atom is -0.127 e. The van der Waals surface area contributed by atoms with E-state index in [0.717, 1.165) is 5.88 Å². The van der Waals surface area contributed by atoms with Crippen molar-refractivity contribution in [1.82, 2.24) is 0 Å². The topological polar surface area (TPSA) is 0 Å². The van der Waals surface area contributed by atoms with Gasteiger partial charge in [-0.05, 0) is 26.2 Å². The van der Waals surface area contributed by atoms with Crippen LogP contribution in [0, 0.1) is 0 Å². The van der Waals surface area contributed by atoms with Crippen molar-refractivity contribution in [2.24, 2.45) is 0 Å². The molecule has 0 aliphatic rings. The molecule has 0 fully saturated rings. The summed E-state index contributed by atoms with van der Waals surface area (Å²) in [6.07, 6.45) is 18.1. The SMILES string of the molecule is CC=CCCCCCCCCCCCCl. The highest BCUT2D eigenvalue weighted by Gasteiger charge is 1.91. The van der Waals surface area contributed by atoms with E-state index in [4.69, 9.17) is 11.6 Å². The Labute approximate surface area is 101 Å². The zero-order valence-electron chi connectivity index (χ0n) is 10.3. The first-order chi connectivity index (χ1) is 7.41. The van der Waals surface area contributed by atoms with Crippen LogP contribution < -0.4 is 0 Å². The third-order valence-electron chi connectivity index (χ3n) is 2.74. The average molecular weight is 231 g/mol. The summed E-state index contributed by atoms with van der Waals surface area (Å²) in [5.41, 5.74) is 0. The Morgan fingerprint density at radius 3 is 1.67 bits per heavy atom. The van der Waals surface area contributed by atoms with Crippen molar-refractivity contribution in [3.05, 3.63) is 12.2 Å². The van der Waals surface area contributed by atoms with Gasteiger partial charge in [-0.25, -0.2) is 0 Å². The van der Waals surface area contributed by atoms with Crippen molar-refractivity contribution in [3.8, 4) is 0 Å². The molecule has 0 rings (SSSR count). The molecule has 0 aromatic heterocycles. The highest BCUT2D eigenvalue weighted by molar-refractivity contribution is 6.17. The third-order valence-corrected chi connectivity index (χ3v) is 3.01. The van der Waals surface area contributed by atoms with Crippen LogP contribution in [0.4, 0.5) is 0 Å². The van der Waals surface area contributed by atoms with Gasteiger partial charge in [-0.15, -0.1) is 11.6 Å². The van der Waals surface area contributed by atoms with E-state index >= 15 is 0 Å². The lowest BCUT2D eigenvalue weighted by Gasteiger charge is -2.00. The second-order valence-corrected chi connectivity index (χ2v) is 4.61. The highest BCUT2D eigenvalue weighted by atomic mass is 35.5. The Balaban J connectivity index is 2.86. The molecule has 0 radical (unpaired) electrons. The molecule has 0 aliphatic carbocycles. The van der Waals surface area contributed by atoms with Crippen LogP contribution in [0.15, 0.2) is 12.2 Å². The van der Waals surface area contributed by atoms with Crippen molar-refractivity contribution in [1.29, 1.82) is 0 Å². The van der Waals surface area contributed by atoms with Crippen LogP contribution in [0.2, 0.25) is 0 Å². The number of halogens is 1. The van der Waals surface area contributed by atoms with Crippen LogP contribution in [0.3, 0.4) is 0 Å². The molecule has 0 nitrogen and oxygen atoms in total. The van der Waals surface area contributed by atoms with Gasteiger partial charge in [-0.3, -0.25) is 0 Å². The van der Waals surface area contributed by atoms with E-state index in [-0.39, 0.29) is 0 Å². The second kappa shape index (κ2) is 14.0. The number of unbranched alkanes of at least 4 members (excludes halogenated alkanes) is 9. The molecule has 0 amide bonds. The lowest BCUT2D eigenvalue weighted by molar-refractivity contribution is 0.567. The summed E-state index contributed by atoms with van der Waals surface area (Å²) in [5.74, 6) is 0.838. The van der Waals surface area contributed by atoms with E-state index in [1.54, 1.807) is 0 Å². The first-order valence-electron chi connectivity index (χ1n) is 6.59. The van der Waals surface area contributed by atoms with Gasteiger partial charge >= 0.3 is 0 Å². The fourth-order valence-electron chi connectivity index (χ4n) is 1.76. The Hall–Kier alpha value is 0.0300. The molecule has 1 heteroatoms. The fourth-order valence-corrected chi connectivity index (χ4v) is 1.95. The maximum Gasteiger partial charge on any atom is 0.0223 e. The number of rotatable bonds is 11. The molecule has 0 saturated carbocycles. The molecule has 0 bridgehead atoms.